The molecule has 0 spiro atoms. The van der Waals surface area contributed by atoms with Crippen LogP contribution in [0.4, 0.5) is 0 Å². The largest absolute Gasteiger partial charge is 0.299 e. The van der Waals surface area contributed by atoms with Crippen LogP contribution >= 0.6 is 0 Å². The van der Waals surface area contributed by atoms with Crippen LogP contribution in [0, 0.1) is 0 Å². The number of hydrogen-bond donors (Lipinski definition) is 0. The average Bonchev–Trinajstić information content (AvgIpc) is 2.65. The fourth-order valence-corrected chi connectivity index (χ4v) is 4.20. The molecule has 0 aliphatic heterocycles. The molecule has 1 nitrogen and oxygen atoms in total. The molecular weight excluding hydrogens is 302 g/mol. The molecule has 0 saturated heterocycles. The van der Waals surface area contributed by atoms with Crippen molar-refractivity contribution in [3.05, 3.63) is 82.9 Å². The van der Waals surface area contributed by atoms with Crippen molar-refractivity contribution in [2.24, 2.45) is 0 Å². The van der Waals surface area contributed by atoms with Crippen LogP contribution in [0.2, 0.25) is 0 Å². The lowest BCUT2D eigenvalue weighted by Crippen LogP contribution is -2.24. The summed E-state index contributed by atoms with van der Waals surface area (Å²) in [6, 6.07) is 22.4. The van der Waals surface area contributed by atoms with Crippen molar-refractivity contribution in [2.75, 3.05) is 14.1 Å². The van der Waals surface area contributed by atoms with E-state index in [9.17, 15) is 0 Å². The molecule has 1 unspecified atom stereocenters. The molecule has 1 heteroatoms. The van der Waals surface area contributed by atoms with E-state index in [-0.39, 0.29) is 0 Å². The molecule has 1 aliphatic carbocycles. The minimum atomic E-state index is 0.438. The van der Waals surface area contributed by atoms with Gasteiger partial charge in [-0.05, 0) is 75.7 Å². The molecule has 0 N–H and O–H groups in total. The van der Waals surface area contributed by atoms with Gasteiger partial charge >= 0.3 is 0 Å². The maximum atomic E-state index is 2.40. The van der Waals surface area contributed by atoms with Crippen LogP contribution in [0.25, 0.3) is 0 Å². The van der Waals surface area contributed by atoms with Crippen LogP contribution in [0.15, 0.2) is 71.8 Å². The predicted octanol–water partition coefficient (Wildman–Crippen LogP) is 6.18. The molecular formula is C24H31N. The van der Waals surface area contributed by atoms with Crippen molar-refractivity contribution in [2.45, 2.75) is 51.0 Å². The molecule has 0 amide bonds. The van der Waals surface area contributed by atoms with Gasteiger partial charge < -0.3 is 0 Å². The van der Waals surface area contributed by atoms with Gasteiger partial charge in [-0.25, -0.2) is 0 Å². The molecule has 25 heavy (non-hydrogen) atoms. The van der Waals surface area contributed by atoms with Gasteiger partial charge in [-0.1, -0.05) is 66.2 Å². The molecule has 0 fully saturated rings. The van der Waals surface area contributed by atoms with Crippen molar-refractivity contribution in [1.82, 2.24) is 4.90 Å². The summed E-state index contributed by atoms with van der Waals surface area (Å²) >= 11 is 0. The molecule has 0 aromatic heterocycles. The lowest BCUT2D eigenvalue weighted by Gasteiger charge is -2.32. The second-order valence-corrected chi connectivity index (χ2v) is 7.45. The van der Waals surface area contributed by atoms with Crippen LogP contribution in [0.1, 0.15) is 55.7 Å². The highest BCUT2D eigenvalue weighted by molar-refractivity contribution is 5.32. The van der Waals surface area contributed by atoms with E-state index < -0.39 is 0 Å². The first-order valence-corrected chi connectivity index (χ1v) is 9.72. The fourth-order valence-electron chi connectivity index (χ4n) is 4.20. The number of aryl methyl sites for hydroxylation is 1. The zero-order valence-electron chi connectivity index (χ0n) is 15.7. The van der Waals surface area contributed by atoms with E-state index in [0.717, 1.165) is 0 Å². The normalized spacial score (nSPS) is 16.3. The summed E-state index contributed by atoms with van der Waals surface area (Å²) < 4.78 is 0. The fraction of sp³-hybridized carbons (Fsp3) is 0.417. The second kappa shape index (κ2) is 9.01. The Kier molecular flexibility index (Phi) is 6.47. The Labute approximate surface area is 153 Å². The van der Waals surface area contributed by atoms with Crippen LogP contribution in [0.5, 0.6) is 0 Å². The topological polar surface area (TPSA) is 3.24 Å². The summed E-state index contributed by atoms with van der Waals surface area (Å²) in [4.78, 5) is 2.40. The number of allylic oxidation sites excluding steroid dienone is 1. The summed E-state index contributed by atoms with van der Waals surface area (Å²) in [6.07, 6.45) is 8.96. The second-order valence-electron chi connectivity index (χ2n) is 7.45. The van der Waals surface area contributed by atoms with Crippen molar-refractivity contribution >= 4 is 0 Å². The van der Waals surface area contributed by atoms with Crippen LogP contribution in [-0.2, 0) is 6.42 Å². The highest BCUT2D eigenvalue weighted by Crippen LogP contribution is 2.38. The standard InChI is InChI=1S/C24H31N/c1-25(2)24(22-16-7-4-8-17-22)23-19-10-9-15-21(23)18-11-14-20-12-5-3-6-13-20/h3-8,12-13,16-17,24H,9-11,14-15,18-19H2,1-2H3. The molecule has 0 heterocycles. The Morgan fingerprint density at radius 2 is 1.44 bits per heavy atom. The third kappa shape index (κ3) is 4.83. The quantitative estimate of drug-likeness (QED) is 0.547. The summed E-state index contributed by atoms with van der Waals surface area (Å²) in [5.41, 5.74) is 6.32. The summed E-state index contributed by atoms with van der Waals surface area (Å²) in [7, 11) is 4.45. The first-order valence-electron chi connectivity index (χ1n) is 9.72. The van der Waals surface area contributed by atoms with Gasteiger partial charge in [0.15, 0.2) is 0 Å². The summed E-state index contributed by atoms with van der Waals surface area (Å²) in [5.74, 6) is 0. The van der Waals surface area contributed by atoms with Gasteiger partial charge in [0.25, 0.3) is 0 Å². The third-order valence-corrected chi connectivity index (χ3v) is 5.38. The number of rotatable bonds is 7. The lowest BCUT2D eigenvalue weighted by atomic mass is 9.82. The Morgan fingerprint density at radius 1 is 0.800 bits per heavy atom. The van der Waals surface area contributed by atoms with E-state index in [4.69, 9.17) is 0 Å². The Morgan fingerprint density at radius 3 is 2.12 bits per heavy atom. The zero-order valence-corrected chi connectivity index (χ0v) is 15.7. The van der Waals surface area contributed by atoms with E-state index in [1.807, 2.05) is 0 Å². The van der Waals surface area contributed by atoms with Crippen LogP contribution in [0.3, 0.4) is 0 Å². The number of benzene rings is 2. The van der Waals surface area contributed by atoms with E-state index >= 15 is 0 Å². The Hall–Kier alpha value is -1.86. The minimum Gasteiger partial charge on any atom is -0.299 e. The first-order chi connectivity index (χ1) is 12.3. The first kappa shape index (κ1) is 17.9. The van der Waals surface area contributed by atoms with Gasteiger partial charge in [0.2, 0.25) is 0 Å². The number of likely N-dealkylation sites (N-methyl/N-ethyl adjacent to an activating group) is 1. The third-order valence-electron chi connectivity index (χ3n) is 5.38. The van der Waals surface area contributed by atoms with E-state index in [1.54, 1.807) is 11.1 Å². The highest BCUT2D eigenvalue weighted by atomic mass is 15.1. The highest BCUT2D eigenvalue weighted by Gasteiger charge is 2.24. The monoisotopic (exact) mass is 333 g/mol. The maximum absolute atomic E-state index is 2.40. The minimum absolute atomic E-state index is 0.438. The summed E-state index contributed by atoms with van der Waals surface area (Å²) in [6.45, 7) is 0. The molecule has 132 valence electrons. The van der Waals surface area contributed by atoms with Gasteiger partial charge in [0.1, 0.15) is 0 Å². The number of nitrogens with zero attached hydrogens (tertiary/aromatic N) is 1. The van der Waals surface area contributed by atoms with Crippen molar-refractivity contribution < 1.29 is 0 Å². The van der Waals surface area contributed by atoms with Gasteiger partial charge in [0.05, 0.1) is 6.04 Å². The molecule has 0 radical (unpaired) electrons. The SMILES string of the molecule is CN(C)C(C1=C(CCCc2ccccc2)CCCC1)c1ccccc1. The Bertz CT molecular complexity index is 670. The molecule has 0 bridgehead atoms. The molecule has 1 aliphatic rings. The molecule has 0 saturated carbocycles. The van der Waals surface area contributed by atoms with Crippen LogP contribution in [-0.4, -0.2) is 19.0 Å². The van der Waals surface area contributed by atoms with Crippen molar-refractivity contribution in [3.8, 4) is 0 Å². The molecule has 1 atom stereocenters. The van der Waals surface area contributed by atoms with E-state index in [0.29, 0.717) is 6.04 Å². The van der Waals surface area contributed by atoms with E-state index in [2.05, 4.69) is 79.7 Å². The maximum Gasteiger partial charge on any atom is 0.0558 e. The number of hydrogen-bond acceptors (Lipinski definition) is 1. The van der Waals surface area contributed by atoms with Crippen molar-refractivity contribution in [1.29, 1.82) is 0 Å². The average molecular weight is 334 g/mol. The smallest absolute Gasteiger partial charge is 0.0558 e. The lowest BCUT2D eigenvalue weighted by molar-refractivity contribution is 0.322. The molecule has 2 aromatic carbocycles. The van der Waals surface area contributed by atoms with E-state index in [1.165, 1.54) is 56.1 Å². The predicted molar refractivity (Wildman–Crippen MR) is 108 cm³/mol. The van der Waals surface area contributed by atoms with Gasteiger partial charge in [-0.2, -0.15) is 0 Å². The van der Waals surface area contributed by atoms with Gasteiger partial charge in [-0.15, -0.1) is 0 Å². The summed E-state index contributed by atoms with van der Waals surface area (Å²) in [5, 5.41) is 0. The van der Waals surface area contributed by atoms with Gasteiger partial charge in [0, 0.05) is 0 Å². The van der Waals surface area contributed by atoms with Gasteiger partial charge in [-0.3, -0.25) is 4.90 Å². The molecule has 3 rings (SSSR count). The Balaban J connectivity index is 1.77. The molecule has 2 aromatic rings. The van der Waals surface area contributed by atoms with Crippen molar-refractivity contribution in [3.63, 3.8) is 0 Å². The van der Waals surface area contributed by atoms with Crippen LogP contribution < -0.4 is 0 Å². The zero-order chi connectivity index (χ0) is 17.5.